The first kappa shape index (κ1) is 11.0. The average Bonchev–Trinajstić information content (AvgIpc) is 2.78. The molecule has 1 fully saturated rings. The lowest BCUT2D eigenvalue weighted by Gasteiger charge is -2.15. The van der Waals surface area contributed by atoms with Gasteiger partial charge in [-0.1, -0.05) is 6.42 Å². The first-order chi connectivity index (χ1) is 7.27. The van der Waals surface area contributed by atoms with Crippen molar-refractivity contribution in [3.05, 3.63) is 16.1 Å². The predicted molar refractivity (Wildman–Crippen MR) is 63.9 cm³/mol. The van der Waals surface area contributed by atoms with Crippen molar-refractivity contribution in [2.45, 2.75) is 38.8 Å². The van der Waals surface area contributed by atoms with E-state index in [0.29, 0.717) is 12.0 Å². The van der Waals surface area contributed by atoms with E-state index >= 15 is 0 Å². The SMILES string of the molecule is Cc1ncsc1CNCC1CCCC1N. The van der Waals surface area contributed by atoms with E-state index < -0.39 is 0 Å². The van der Waals surface area contributed by atoms with Crippen molar-refractivity contribution in [3.63, 3.8) is 0 Å². The molecule has 0 aliphatic heterocycles. The fraction of sp³-hybridized carbons (Fsp3) is 0.727. The molecule has 1 saturated carbocycles. The zero-order valence-corrected chi connectivity index (χ0v) is 10.0. The third-order valence-corrected chi connectivity index (χ3v) is 4.19. The van der Waals surface area contributed by atoms with Gasteiger partial charge in [-0.3, -0.25) is 0 Å². The van der Waals surface area contributed by atoms with Gasteiger partial charge in [-0.05, 0) is 32.2 Å². The highest BCUT2D eigenvalue weighted by Crippen LogP contribution is 2.23. The van der Waals surface area contributed by atoms with Gasteiger partial charge < -0.3 is 11.1 Å². The number of rotatable bonds is 4. The number of aromatic nitrogens is 1. The van der Waals surface area contributed by atoms with E-state index in [1.165, 1.54) is 24.1 Å². The Morgan fingerprint density at radius 2 is 2.47 bits per heavy atom. The van der Waals surface area contributed by atoms with Gasteiger partial charge in [0, 0.05) is 17.5 Å². The number of hydrogen-bond donors (Lipinski definition) is 2. The van der Waals surface area contributed by atoms with E-state index in [1.807, 2.05) is 5.51 Å². The van der Waals surface area contributed by atoms with Crippen LogP contribution in [0.3, 0.4) is 0 Å². The van der Waals surface area contributed by atoms with Crippen LogP contribution in [0.4, 0.5) is 0 Å². The summed E-state index contributed by atoms with van der Waals surface area (Å²) in [5.41, 5.74) is 9.08. The van der Waals surface area contributed by atoms with Crippen LogP contribution in [0, 0.1) is 12.8 Å². The van der Waals surface area contributed by atoms with Crippen molar-refractivity contribution in [2.75, 3.05) is 6.54 Å². The standard InChI is InChI=1S/C11H19N3S/c1-8-11(15-7-14-8)6-13-5-9-3-2-4-10(9)12/h7,9-10,13H,2-6,12H2,1H3. The summed E-state index contributed by atoms with van der Waals surface area (Å²) in [6, 6.07) is 0.417. The van der Waals surface area contributed by atoms with E-state index in [4.69, 9.17) is 5.73 Å². The minimum Gasteiger partial charge on any atom is -0.327 e. The van der Waals surface area contributed by atoms with Gasteiger partial charge in [-0.15, -0.1) is 11.3 Å². The molecule has 2 unspecified atom stereocenters. The molecule has 1 aromatic heterocycles. The summed E-state index contributed by atoms with van der Waals surface area (Å²) >= 11 is 1.73. The summed E-state index contributed by atoms with van der Waals surface area (Å²) in [7, 11) is 0. The van der Waals surface area contributed by atoms with Gasteiger partial charge in [0.15, 0.2) is 0 Å². The third-order valence-electron chi connectivity index (χ3n) is 3.25. The highest BCUT2D eigenvalue weighted by atomic mass is 32.1. The average molecular weight is 225 g/mol. The smallest absolute Gasteiger partial charge is 0.0798 e. The molecule has 0 spiro atoms. The molecule has 1 aliphatic carbocycles. The Bertz CT molecular complexity index is 311. The molecule has 2 atom stereocenters. The van der Waals surface area contributed by atoms with Gasteiger partial charge in [0.25, 0.3) is 0 Å². The largest absolute Gasteiger partial charge is 0.327 e. The predicted octanol–water partition coefficient (Wildman–Crippen LogP) is 1.67. The van der Waals surface area contributed by atoms with Crippen molar-refractivity contribution in [1.82, 2.24) is 10.3 Å². The normalized spacial score (nSPS) is 26.0. The van der Waals surface area contributed by atoms with Gasteiger partial charge in [0.1, 0.15) is 0 Å². The lowest BCUT2D eigenvalue weighted by molar-refractivity contribution is 0.442. The van der Waals surface area contributed by atoms with E-state index in [1.54, 1.807) is 11.3 Å². The van der Waals surface area contributed by atoms with Crippen molar-refractivity contribution in [1.29, 1.82) is 0 Å². The van der Waals surface area contributed by atoms with Crippen LogP contribution >= 0.6 is 11.3 Å². The second kappa shape index (κ2) is 5.05. The maximum atomic E-state index is 6.02. The number of aryl methyl sites for hydroxylation is 1. The second-order valence-corrected chi connectivity index (χ2v) is 5.29. The van der Waals surface area contributed by atoms with Crippen LogP contribution in [-0.4, -0.2) is 17.6 Å². The number of nitrogens with one attached hydrogen (secondary N) is 1. The minimum atomic E-state index is 0.417. The van der Waals surface area contributed by atoms with Gasteiger partial charge in [0.05, 0.1) is 11.2 Å². The lowest BCUT2D eigenvalue weighted by Crippen LogP contribution is -2.32. The Kier molecular flexibility index (Phi) is 3.72. The molecule has 3 nitrogen and oxygen atoms in total. The molecule has 0 amide bonds. The highest BCUT2D eigenvalue weighted by Gasteiger charge is 2.23. The molecule has 0 saturated heterocycles. The Balaban J connectivity index is 1.73. The molecule has 3 N–H and O–H groups in total. The summed E-state index contributed by atoms with van der Waals surface area (Å²) in [6.45, 7) is 4.06. The Morgan fingerprint density at radius 3 is 3.07 bits per heavy atom. The number of nitrogens with two attached hydrogens (primary N) is 1. The van der Waals surface area contributed by atoms with Gasteiger partial charge in [-0.25, -0.2) is 4.98 Å². The van der Waals surface area contributed by atoms with Crippen LogP contribution < -0.4 is 11.1 Å². The number of nitrogens with zero attached hydrogens (tertiary/aromatic N) is 1. The van der Waals surface area contributed by atoms with Crippen LogP contribution in [0.25, 0.3) is 0 Å². The molecular formula is C11H19N3S. The van der Waals surface area contributed by atoms with Crippen molar-refractivity contribution >= 4 is 11.3 Å². The summed E-state index contributed by atoms with van der Waals surface area (Å²) < 4.78 is 0. The molecule has 1 aliphatic rings. The minimum absolute atomic E-state index is 0.417. The van der Waals surface area contributed by atoms with Crippen molar-refractivity contribution in [2.24, 2.45) is 11.7 Å². The van der Waals surface area contributed by atoms with Gasteiger partial charge in [0.2, 0.25) is 0 Å². The van der Waals surface area contributed by atoms with Gasteiger partial charge >= 0.3 is 0 Å². The topological polar surface area (TPSA) is 50.9 Å². The Morgan fingerprint density at radius 1 is 1.60 bits per heavy atom. The van der Waals surface area contributed by atoms with Crippen LogP contribution in [0.5, 0.6) is 0 Å². The summed E-state index contributed by atoms with van der Waals surface area (Å²) in [5, 5.41) is 3.49. The van der Waals surface area contributed by atoms with Gasteiger partial charge in [-0.2, -0.15) is 0 Å². The Labute approximate surface area is 95.1 Å². The molecule has 4 heteroatoms. The third kappa shape index (κ3) is 2.77. The molecule has 1 aromatic rings. The molecule has 84 valence electrons. The van der Waals surface area contributed by atoms with Crippen LogP contribution in [0.15, 0.2) is 5.51 Å². The molecule has 2 rings (SSSR count). The van der Waals surface area contributed by atoms with Crippen molar-refractivity contribution < 1.29 is 0 Å². The fourth-order valence-corrected chi connectivity index (χ4v) is 2.93. The molecule has 0 aromatic carbocycles. The quantitative estimate of drug-likeness (QED) is 0.819. The van der Waals surface area contributed by atoms with E-state index in [2.05, 4.69) is 17.2 Å². The molecule has 0 radical (unpaired) electrons. The van der Waals surface area contributed by atoms with E-state index in [9.17, 15) is 0 Å². The maximum Gasteiger partial charge on any atom is 0.0798 e. The molecule has 1 heterocycles. The summed E-state index contributed by atoms with van der Waals surface area (Å²) in [4.78, 5) is 5.58. The number of hydrogen-bond acceptors (Lipinski definition) is 4. The second-order valence-electron chi connectivity index (χ2n) is 4.35. The van der Waals surface area contributed by atoms with Crippen LogP contribution in [0.1, 0.15) is 29.8 Å². The zero-order valence-electron chi connectivity index (χ0n) is 9.20. The monoisotopic (exact) mass is 225 g/mol. The van der Waals surface area contributed by atoms with E-state index in [-0.39, 0.29) is 0 Å². The summed E-state index contributed by atoms with van der Waals surface area (Å²) in [6.07, 6.45) is 3.79. The lowest BCUT2D eigenvalue weighted by atomic mass is 10.1. The fourth-order valence-electron chi connectivity index (χ4n) is 2.19. The number of thiazole rings is 1. The molecule has 15 heavy (non-hydrogen) atoms. The van der Waals surface area contributed by atoms with Crippen molar-refractivity contribution in [3.8, 4) is 0 Å². The van der Waals surface area contributed by atoms with E-state index in [0.717, 1.165) is 18.8 Å². The Hall–Kier alpha value is -0.450. The maximum absolute atomic E-state index is 6.02. The van der Waals surface area contributed by atoms with Crippen LogP contribution in [0.2, 0.25) is 0 Å². The zero-order chi connectivity index (χ0) is 10.7. The highest BCUT2D eigenvalue weighted by molar-refractivity contribution is 7.09. The molecule has 0 bridgehead atoms. The first-order valence-electron chi connectivity index (χ1n) is 5.62. The summed E-state index contributed by atoms with van der Waals surface area (Å²) in [5.74, 6) is 0.679. The molecular weight excluding hydrogens is 206 g/mol. The van der Waals surface area contributed by atoms with Crippen LogP contribution in [-0.2, 0) is 6.54 Å². The first-order valence-corrected chi connectivity index (χ1v) is 6.50.